The van der Waals surface area contributed by atoms with Crippen molar-refractivity contribution < 1.29 is 23.1 Å². The van der Waals surface area contributed by atoms with E-state index in [2.05, 4.69) is 10.6 Å². The molecule has 0 fully saturated rings. The smallest absolute Gasteiger partial charge is 0.326 e. The Balaban J connectivity index is 4.12. The molecular formula is C11H22N2O5S. The number of urea groups is 1. The fraction of sp³-hybridized carbons (Fsp3) is 0.818. The maximum absolute atomic E-state index is 11.4. The molecule has 0 saturated heterocycles. The molecule has 0 rings (SSSR count). The van der Waals surface area contributed by atoms with Crippen LogP contribution in [0.1, 0.15) is 32.6 Å². The summed E-state index contributed by atoms with van der Waals surface area (Å²) in [5.41, 5.74) is 0. The second-order valence-corrected chi connectivity index (χ2v) is 6.68. The average Bonchev–Trinajstić information content (AvgIpc) is 2.28. The lowest BCUT2D eigenvalue weighted by Crippen LogP contribution is -2.46. The molecule has 0 spiro atoms. The molecule has 0 aliphatic carbocycles. The first-order valence-electron chi connectivity index (χ1n) is 6.21. The number of unbranched alkanes of at least 4 members (excludes halogenated alkanes) is 2. The lowest BCUT2D eigenvalue weighted by molar-refractivity contribution is -0.139. The van der Waals surface area contributed by atoms with E-state index in [-0.39, 0.29) is 12.2 Å². The summed E-state index contributed by atoms with van der Waals surface area (Å²) in [6.07, 6.45) is 3.71. The third-order valence-electron chi connectivity index (χ3n) is 2.45. The predicted octanol–water partition coefficient (Wildman–Crippen LogP) is 0.364. The fourth-order valence-corrected chi connectivity index (χ4v) is 2.04. The number of hydrogen-bond acceptors (Lipinski definition) is 4. The average molecular weight is 294 g/mol. The molecule has 7 nitrogen and oxygen atoms in total. The largest absolute Gasteiger partial charge is 0.480 e. The first-order chi connectivity index (χ1) is 8.76. The van der Waals surface area contributed by atoms with Crippen molar-refractivity contribution in [2.75, 3.05) is 18.6 Å². The minimum atomic E-state index is -3.25. The zero-order chi connectivity index (χ0) is 14.9. The van der Waals surface area contributed by atoms with E-state index < -0.39 is 27.9 Å². The van der Waals surface area contributed by atoms with Gasteiger partial charge in [0.25, 0.3) is 0 Å². The Morgan fingerprint density at radius 1 is 1.26 bits per heavy atom. The number of carboxylic acid groups (broad SMARTS) is 1. The first kappa shape index (κ1) is 17.7. The number of sulfone groups is 1. The van der Waals surface area contributed by atoms with Crippen LogP contribution < -0.4 is 10.6 Å². The van der Waals surface area contributed by atoms with Gasteiger partial charge in [0, 0.05) is 12.8 Å². The summed E-state index contributed by atoms with van der Waals surface area (Å²) in [6, 6.07) is -1.78. The van der Waals surface area contributed by atoms with Crippen molar-refractivity contribution in [2.45, 2.75) is 38.6 Å². The topological polar surface area (TPSA) is 113 Å². The number of rotatable bonds is 9. The molecule has 2 amide bonds. The minimum absolute atomic E-state index is 0.142. The summed E-state index contributed by atoms with van der Waals surface area (Å²) >= 11 is 0. The molecule has 0 aromatic rings. The Bertz CT molecular complexity index is 394. The van der Waals surface area contributed by atoms with Crippen LogP contribution in [0.3, 0.4) is 0 Å². The number of carboxylic acids is 1. The zero-order valence-electron chi connectivity index (χ0n) is 11.3. The van der Waals surface area contributed by atoms with Gasteiger partial charge in [-0.25, -0.2) is 18.0 Å². The SMILES string of the molecule is CCCCCNC(=O)NC(CCS(C)(=O)=O)C(=O)O. The first-order valence-corrected chi connectivity index (χ1v) is 8.27. The number of amides is 2. The van der Waals surface area contributed by atoms with Gasteiger partial charge in [-0.3, -0.25) is 0 Å². The third kappa shape index (κ3) is 10.3. The number of carbonyl (C=O) groups excluding carboxylic acids is 1. The molecule has 0 aromatic heterocycles. The lowest BCUT2D eigenvalue weighted by Gasteiger charge is -2.14. The van der Waals surface area contributed by atoms with Crippen LogP contribution in [0.25, 0.3) is 0 Å². The van der Waals surface area contributed by atoms with Gasteiger partial charge in [0.2, 0.25) is 0 Å². The fourth-order valence-electron chi connectivity index (χ4n) is 1.38. The highest BCUT2D eigenvalue weighted by Crippen LogP contribution is 1.97. The Morgan fingerprint density at radius 2 is 1.89 bits per heavy atom. The van der Waals surface area contributed by atoms with Crippen molar-refractivity contribution >= 4 is 21.8 Å². The molecular weight excluding hydrogens is 272 g/mol. The Hall–Kier alpha value is -1.31. The summed E-state index contributed by atoms with van der Waals surface area (Å²) < 4.78 is 21.9. The van der Waals surface area contributed by atoms with Crippen molar-refractivity contribution in [1.29, 1.82) is 0 Å². The standard InChI is InChI=1S/C11H22N2O5S/c1-3-4-5-7-12-11(16)13-9(10(14)15)6-8-19(2,17)18/h9H,3-8H2,1-2H3,(H,14,15)(H2,12,13,16). The van der Waals surface area contributed by atoms with Gasteiger partial charge in [-0.05, 0) is 12.8 Å². The van der Waals surface area contributed by atoms with Crippen LogP contribution in [0.2, 0.25) is 0 Å². The zero-order valence-corrected chi connectivity index (χ0v) is 12.1. The van der Waals surface area contributed by atoms with Gasteiger partial charge in [0.1, 0.15) is 15.9 Å². The van der Waals surface area contributed by atoms with E-state index in [9.17, 15) is 18.0 Å². The molecule has 19 heavy (non-hydrogen) atoms. The normalized spacial score (nSPS) is 12.7. The van der Waals surface area contributed by atoms with Crippen LogP contribution in [-0.4, -0.2) is 50.1 Å². The van der Waals surface area contributed by atoms with Crippen molar-refractivity contribution in [1.82, 2.24) is 10.6 Å². The molecule has 8 heteroatoms. The van der Waals surface area contributed by atoms with Crippen LogP contribution in [0, 0.1) is 0 Å². The predicted molar refractivity (Wildman–Crippen MR) is 71.8 cm³/mol. The van der Waals surface area contributed by atoms with Crippen LogP contribution in [0.4, 0.5) is 4.79 Å². The van der Waals surface area contributed by atoms with Crippen LogP contribution in [0.15, 0.2) is 0 Å². The van der Waals surface area contributed by atoms with Crippen molar-refractivity contribution in [3.63, 3.8) is 0 Å². The Labute approximate surface area is 113 Å². The summed E-state index contributed by atoms with van der Waals surface area (Å²) in [5, 5.41) is 13.7. The number of nitrogens with one attached hydrogen (secondary N) is 2. The molecule has 1 unspecified atom stereocenters. The monoisotopic (exact) mass is 294 g/mol. The lowest BCUT2D eigenvalue weighted by atomic mass is 10.2. The Morgan fingerprint density at radius 3 is 2.37 bits per heavy atom. The van der Waals surface area contributed by atoms with Gasteiger partial charge in [-0.2, -0.15) is 0 Å². The van der Waals surface area contributed by atoms with E-state index in [0.29, 0.717) is 6.54 Å². The van der Waals surface area contributed by atoms with Gasteiger partial charge < -0.3 is 15.7 Å². The van der Waals surface area contributed by atoms with E-state index >= 15 is 0 Å². The maximum atomic E-state index is 11.4. The number of carbonyl (C=O) groups is 2. The van der Waals surface area contributed by atoms with Gasteiger partial charge in [-0.15, -0.1) is 0 Å². The molecule has 0 aromatic carbocycles. The van der Waals surface area contributed by atoms with E-state index in [0.717, 1.165) is 25.5 Å². The number of aliphatic carboxylic acids is 1. The highest BCUT2D eigenvalue weighted by molar-refractivity contribution is 7.90. The second kappa shape index (κ2) is 8.73. The van der Waals surface area contributed by atoms with Gasteiger partial charge in [0.05, 0.1) is 5.75 Å². The molecule has 0 aliphatic rings. The van der Waals surface area contributed by atoms with Crippen molar-refractivity contribution in [2.24, 2.45) is 0 Å². The molecule has 1 atom stereocenters. The number of hydrogen-bond donors (Lipinski definition) is 3. The molecule has 0 aliphatic heterocycles. The summed E-state index contributed by atoms with van der Waals surface area (Å²) in [6.45, 7) is 2.50. The highest BCUT2D eigenvalue weighted by Gasteiger charge is 2.21. The molecule has 0 radical (unpaired) electrons. The second-order valence-electron chi connectivity index (χ2n) is 4.42. The maximum Gasteiger partial charge on any atom is 0.326 e. The van der Waals surface area contributed by atoms with Crippen LogP contribution in [0.5, 0.6) is 0 Å². The summed E-state index contributed by atoms with van der Waals surface area (Å²) in [7, 11) is -3.25. The molecule has 0 heterocycles. The Kier molecular flexibility index (Phi) is 8.13. The van der Waals surface area contributed by atoms with Crippen molar-refractivity contribution in [3.05, 3.63) is 0 Å². The van der Waals surface area contributed by atoms with E-state index in [1.165, 1.54) is 0 Å². The van der Waals surface area contributed by atoms with Gasteiger partial charge in [-0.1, -0.05) is 19.8 Å². The van der Waals surface area contributed by atoms with E-state index in [4.69, 9.17) is 5.11 Å². The molecule has 112 valence electrons. The molecule has 0 saturated carbocycles. The minimum Gasteiger partial charge on any atom is -0.480 e. The molecule has 0 bridgehead atoms. The van der Waals surface area contributed by atoms with Crippen LogP contribution >= 0.6 is 0 Å². The summed E-state index contributed by atoms with van der Waals surface area (Å²) in [5.74, 6) is -1.52. The van der Waals surface area contributed by atoms with E-state index in [1.807, 2.05) is 6.92 Å². The van der Waals surface area contributed by atoms with Crippen molar-refractivity contribution in [3.8, 4) is 0 Å². The quantitative estimate of drug-likeness (QED) is 0.532. The molecule has 3 N–H and O–H groups in total. The van der Waals surface area contributed by atoms with Gasteiger partial charge >= 0.3 is 12.0 Å². The van der Waals surface area contributed by atoms with Gasteiger partial charge in [0.15, 0.2) is 0 Å². The van der Waals surface area contributed by atoms with Crippen LogP contribution in [-0.2, 0) is 14.6 Å². The van der Waals surface area contributed by atoms with E-state index in [1.54, 1.807) is 0 Å². The summed E-state index contributed by atoms with van der Waals surface area (Å²) in [4.78, 5) is 22.3. The highest BCUT2D eigenvalue weighted by atomic mass is 32.2. The third-order valence-corrected chi connectivity index (χ3v) is 3.42.